The van der Waals surface area contributed by atoms with Crippen LogP contribution in [0.2, 0.25) is 25.7 Å². The number of esters is 1. The first kappa shape index (κ1) is 33.5. The fourth-order valence-electron chi connectivity index (χ4n) is 4.55. The normalized spacial score (nSPS) is 17.7. The molecule has 10 heteroatoms. The molecule has 0 aromatic heterocycles. The number of hydrogen-bond acceptors (Lipinski definition) is 7. The van der Waals surface area contributed by atoms with Crippen molar-refractivity contribution in [3.63, 3.8) is 0 Å². The highest BCUT2D eigenvalue weighted by Gasteiger charge is 2.54. The highest BCUT2D eigenvalue weighted by Crippen LogP contribution is 2.42. The molecule has 1 N–H and O–H groups in total. The molecule has 2 atom stereocenters. The molecule has 0 radical (unpaired) electrons. The van der Waals surface area contributed by atoms with Gasteiger partial charge in [0.1, 0.15) is 17.0 Å². The van der Waals surface area contributed by atoms with Crippen molar-refractivity contribution < 1.29 is 33.5 Å². The number of hydrogen-bond donors (Lipinski definition) is 1. The summed E-state index contributed by atoms with van der Waals surface area (Å²) in [7, 11) is -1.28. The van der Waals surface area contributed by atoms with Crippen LogP contribution >= 0.6 is 0 Å². The van der Waals surface area contributed by atoms with Crippen molar-refractivity contribution in [2.75, 3.05) is 33.2 Å². The van der Waals surface area contributed by atoms with Crippen LogP contribution in [-0.4, -0.2) is 71.9 Å². The van der Waals surface area contributed by atoms with Crippen LogP contribution in [0.1, 0.15) is 58.1 Å². The molecule has 1 saturated heterocycles. The number of benzene rings is 1. The number of nitrogens with zero attached hydrogens (tertiary/aromatic N) is 1. The number of rotatable bonds is 16. The monoisotopic (exact) mass is 581 g/mol. The van der Waals surface area contributed by atoms with Gasteiger partial charge in [0.2, 0.25) is 0 Å². The molecule has 2 rings (SSSR count). The van der Waals surface area contributed by atoms with Crippen LogP contribution in [0.25, 0.3) is 0 Å². The average molecular weight is 582 g/mol. The third-order valence-corrected chi connectivity index (χ3v) is 10.6. The summed E-state index contributed by atoms with van der Waals surface area (Å²) in [6.07, 6.45) is 2.55. The summed E-state index contributed by atoms with van der Waals surface area (Å²) in [6.45, 7) is 19.6. The lowest BCUT2D eigenvalue weighted by Gasteiger charge is -2.50. The molecule has 0 spiro atoms. The second-order valence-electron chi connectivity index (χ2n) is 12.5. The van der Waals surface area contributed by atoms with Crippen molar-refractivity contribution in [1.82, 2.24) is 4.31 Å². The van der Waals surface area contributed by atoms with Crippen molar-refractivity contribution in [1.29, 1.82) is 0 Å². The second kappa shape index (κ2) is 13.8. The fourth-order valence-corrected chi connectivity index (χ4v) is 6.67. The maximum Gasteiger partial charge on any atom is 0.314 e. The summed E-state index contributed by atoms with van der Waals surface area (Å²) in [5.41, 5.74) is -0.291. The van der Waals surface area contributed by atoms with E-state index >= 15 is 0 Å². The van der Waals surface area contributed by atoms with Crippen LogP contribution in [0.4, 0.5) is 0 Å². The van der Waals surface area contributed by atoms with E-state index in [0.717, 1.165) is 11.6 Å². The molecule has 0 saturated carbocycles. The van der Waals surface area contributed by atoms with Crippen molar-refractivity contribution in [2.24, 2.45) is 0 Å². The maximum atomic E-state index is 13.7. The molecule has 1 aromatic rings. The standard InChI is InChI=1S/C29H47NO7SSi/c1-9-15-28(26(32)33,16-10-17-37-23(2)31)24-11-13-25(14-12-24)29(20-36-21-29)30(38(34)27(3,4)5)22-35-18-19-39(6,7)8/h9,11-14H,1,10,15-22H2,2-8H3,(H,32,33). The minimum Gasteiger partial charge on any atom is -0.597 e. The molecule has 2 unspecified atom stereocenters. The molecule has 1 fully saturated rings. The van der Waals surface area contributed by atoms with Gasteiger partial charge in [-0.2, -0.15) is 0 Å². The van der Waals surface area contributed by atoms with Crippen molar-refractivity contribution in [2.45, 2.75) is 88.3 Å². The smallest absolute Gasteiger partial charge is 0.314 e. The molecule has 8 nitrogen and oxygen atoms in total. The lowest BCUT2D eigenvalue weighted by atomic mass is 9.73. The Morgan fingerprint density at radius 1 is 1.21 bits per heavy atom. The number of carbonyl (C=O) groups excluding carboxylic acids is 1. The number of carboxylic acids is 1. The Kier molecular flexibility index (Phi) is 11.8. The van der Waals surface area contributed by atoms with Crippen LogP contribution in [-0.2, 0) is 46.1 Å². The first-order chi connectivity index (χ1) is 18.1. The van der Waals surface area contributed by atoms with Crippen LogP contribution in [0.15, 0.2) is 36.9 Å². The predicted octanol–water partition coefficient (Wildman–Crippen LogP) is 5.23. The van der Waals surface area contributed by atoms with E-state index in [4.69, 9.17) is 14.2 Å². The molecule has 1 heterocycles. The Labute approximate surface area is 238 Å². The molecule has 0 bridgehead atoms. The topological polar surface area (TPSA) is 108 Å². The Balaban J connectivity index is 2.38. The van der Waals surface area contributed by atoms with Gasteiger partial charge in [-0.15, -0.1) is 6.58 Å². The molecule has 0 aliphatic carbocycles. The van der Waals surface area contributed by atoms with Gasteiger partial charge in [0.05, 0.1) is 25.2 Å². The molecule has 0 amide bonds. The first-order valence-corrected chi connectivity index (χ1v) is 18.3. The van der Waals surface area contributed by atoms with Crippen LogP contribution in [0, 0.1) is 0 Å². The molecule has 220 valence electrons. The van der Waals surface area contributed by atoms with Crippen molar-refractivity contribution >= 4 is 31.4 Å². The van der Waals surface area contributed by atoms with E-state index in [9.17, 15) is 19.2 Å². The molecule has 39 heavy (non-hydrogen) atoms. The molecular weight excluding hydrogens is 534 g/mol. The van der Waals surface area contributed by atoms with E-state index in [1.54, 1.807) is 6.08 Å². The molecular formula is C29H47NO7SSi. The number of aliphatic carboxylic acids is 1. The predicted molar refractivity (Wildman–Crippen MR) is 158 cm³/mol. The Morgan fingerprint density at radius 3 is 2.26 bits per heavy atom. The summed E-state index contributed by atoms with van der Waals surface area (Å²) >= 11 is -1.37. The summed E-state index contributed by atoms with van der Waals surface area (Å²) < 4.78 is 32.0. The highest BCUT2D eigenvalue weighted by atomic mass is 32.2. The van der Waals surface area contributed by atoms with Crippen molar-refractivity contribution in [3.05, 3.63) is 48.0 Å². The van der Waals surface area contributed by atoms with Gasteiger partial charge in [-0.3, -0.25) is 9.59 Å². The summed E-state index contributed by atoms with van der Waals surface area (Å²) in [4.78, 5) is 23.7. The lowest BCUT2D eigenvalue weighted by molar-refractivity contribution is -0.144. The fraction of sp³-hybridized carbons (Fsp3) is 0.655. The minimum atomic E-state index is -1.37. The van der Waals surface area contributed by atoms with Gasteiger partial charge in [-0.25, -0.2) is 0 Å². The van der Waals surface area contributed by atoms with Gasteiger partial charge in [0.15, 0.2) is 0 Å². The van der Waals surface area contributed by atoms with Crippen LogP contribution in [0.3, 0.4) is 0 Å². The number of carbonyl (C=O) groups is 2. The van der Waals surface area contributed by atoms with Gasteiger partial charge in [-0.1, -0.05) is 54.3 Å². The van der Waals surface area contributed by atoms with Gasteiger partial charge in [-0.05, 0) is 57.2 Å². The third kappa shape index (κ3) is 8.64. The number of carboxylic acid groups (broad SMARTS) is 1. The summed E-state index contributed by atoms with van der Waals surface area (Å²) in [5, 5.41) is 10.3. The Morgan fingerprint density at radius 2 is 1.82 bits per heavy atom. The molecule has 1 aliphatic heterocycles. The Hall–Kier alpha value is -1.69. The summed E-state index contributed by atoms with van der Waals surface area (Å²) in [5.74, 6) is -1.34. The SMILES string of the molecule is C=CCC(CCCOC(C)=O)(C(=O)O)c1ccc(C2(N(COCC[Si](C)(C)C)[S+]([O-])C(C)(C)C)COC2)cc1. The zero-order valence-corrected chi connectivity index (χ0v) is 26.5. The van der Waals surface area contributed by atoms with E-state index in [2.05, 4.69) is 26.2 Å². The average Bonchev–Trinajstić information content (AvgIpc) is 2.80. The largest absolute Gasteiger partial charge is 0.597 e. The second-order valence-corrected chi connectivity index (χ2v) is 20.3. The van der Waals surface area contributed by atoms with E-state index in [1.807, 2.05) is 49.3 Å². The Bertz CT molecular complexity index is 969. The van der Waals surface area contributed by atoms with Gasteiger partial charge in [0, 0.05) is 33.0 Å². The first-order valence-electron chi connectivity index (χ1n) is 13.5. The van der Waals surface area contributed by atoms with E-state index in [-0.39, 0.29) is 19.8 Å². The molecule has 1 aromatic carbocycles. The van der Waals surface area contributed by atoms with Crippen molar-refractivity contribution in [3.8, 4) is 0 Å². The van der Waals surface area contributed by atoms with Gasteiger partial charge >= 0.3 is 11.9 Å². The zero-order valence-electron chi connectivity index (χ0n) is 24.7. The van der Waals surface area contributed by atoms with Gasteiger partial charge in [0.25, 0.3) is 0 Å². The number of ether oxygens (including phenoxy) is 3. The highest BCUT2D eigenvalue weighted by molar-refractivity contribution is 7.90. The maximum absolute atomic E-state index is 13.7. The summed E-state index contributed by atoms with van der Waals surface area (Å²) in [6, 6.07) is 8.52. The quantitative estimate of drug-likeness (QED) is 0.0706. The van der Waals surface area contributed by atoms with Crippen LogP contribution < -0.4 is 0 Å². The lowest BCUT2D eigenvalue weighted by Crippen LogP contribution is -2.64. The minimum absolute atomic E-state index is 0.158. The van der Waals surface area contributed by atoms with E-state index in [0.29, 0.717) is 38.2 Å². The van der Waals surface area contributed by atoms with E-state index < -0.39 is 47.1 Å². The third-order valence-electron chi connectivity index (χ3n) is 7.02. The zero-order chi connectivity index (χ0) is 29.5. The van der Waals surface area contributed by atoms with Gasteiger partial charge < -0.3 is 23.9 Å². The number of allylic oxidation sites excluding steroid dienone is 1. The van der Waals surface area contributed by atoms with E-state index in [1.165, 1.54) is 6.92 Å². The van der Waals surface area contributed by atoms with Crippen LogP contribution in [0.5, 0.6) is 0 Å². The molecule has 1 aliphatic rings.